The minimum absolute atomic E-state index is 0.188. The molecule has 1 aliphatic heterocycles. The molecule has 32 heavy (non-hydrogen) atoms. The zero-order chi connectivity index (χ0) is 23.0. The van der Waals surface area contributed by atoms with E-state index in [-0.39, 0.29) is 29.7 Å². The predicted molar refractivity (Wildman–Crippen MR) is 121 cm³/mol. The highest BCUT2D eigenvalue weighted by Gasteiger charge is 2.41. The van der Waals surface area contributed by atoms with Gasteiger partial charge in [0.1, 0.15) is 12.1 Å². The van der Waals surface area contributed by atoms with Crippen LogP contribution in [0.4, 0.5) is 0 Å². The van der Waals surface area contributed by atoms with Crippen molar-refractivity contribution in [2.45, 2.75) is 32.6 Å². The van der Waals surface area contributed by atoms with Crippen LogP contribution in [0.1, 0.15) is 20.0 Å². The lowest BCUT2D eigenvalue weighted by molar-refractivity contribution is -0.149. The first-order valence-electron chi connectivity index (χ1n) is 10.7. The fourth-order valence-electron chi connectivity index (χ4n) is 4.07. The maximum atomic E-state index is 13.4. The van der Waals surface area contributed by atoms with Gasteiger partial charge in [0.25, 0.3) is 11.1 Å². The van der Waals surface area contributed by atoms with Crippen LogP contribution in [0.25, 0.3) is 21.8 Å². The van der Waals surface area contributed by atoms with Gasteiger partial charge in [-0.1, -0.05) is 0 Å². The molecule has 0 bridgehead atoms. The van der Waals surface area contributed by atoms with E-state index in [0.29, 0.717) is 34.9 Å². The Kier molecular flexibility index (Phi) is 6.09. The topological polar surface area (TPSA) is 110 Å². The Balaban J connectivity index is 1.81. The SMILES string of the molecule is CCOC(=O)C1C(C)NNC1n1ccc2nc3ccn(CCN(C)C)c(=O)c3cc2c1=O. The van der Waals surface area contributed by atoms with E-state index in [1.54, 1.807) is 42.1 Å². The van der Waals surface area contributed by atoms with Crippen LogP contribution < -0.4 is 22.0 Å². The number of likely N-dealkylation sites (N-methyl/N-ethyl adjacent to an activating group) is 1. The molecule has 1 saturated heterocycles. The standard InChI is InChI=1S/C22H28N6O4/c1-5-32-22(31)18-13(2)24-25-19(18)28-9-7-17-15(21(28)30)12-14-16(23-17)6-8-27(20(14)29)11-10-26(3)4/h6-9,12-13,18-19,24-25H,5,10-11H2,1-4H3. The lowest BCUT2D eigenvalue weighted by atomic mass is 10.00. The minimum atomic E-state index is -0.621. The number of aromatic nitrogens is 3. The highest BCUT2D eigenvalue weighted by molar-refractivity contribution is 5.91. The number of carbonyl (C=O) groups is 1. The predicted octanol–water partition coefficient (Wildman–Crippen LogP) is 0.447. The second-order valence-electron chi connectivity index (χ2n) is 8.30. The number of fused-ring (bicyclic) bond motifs is 2. The van der Waals surface area contributed by atoms with Crippen molar-refractivity contribution in [3.05, 3.63) is 51.3 Å². The highest BCUT2D eigenvalue weighted by atomic mass is 16.5. The van der Waals surface area contributed by atoms with Gasteiger partial charge in [-0.2, -0.15) is 0 Å². The molecule has 1 aliphatic rings. The smallest absolute Gasteiger partial charge is 0.314 e. The summed E-state index contributed by atoms with van der Waals surface area (Å²) in [6.07, 6.45) is 2.73. The molecule has 0 spiro atoms. The van der Waals surface area contributed by atoms with Crippen LogP contribution in [0.15, 0.2) is 40.2 Å². The summed E-state index contributed by atoms with van der Waals surface area (Å²) in [4.78, 5) is 45.4. The molecule has 1 fully saturated rings. The molecule has 3 unspecified atom stereocenters. The monoisotopic (exact) mass is 440 g/mol. The second kappa shape index (κ2) is 8.81. The number of esters is 1. The van der Waals surface area contributed by atoms with Crippen molar-refractivity contribution in [3.63, 3.8) is 0 Å². The molecule has 10 heteroatoms. The van der Waals surface area contributed by atoms with Crippen molar-refractivity contribution in [1.82, 2.24) is 29.9 Å². The van der Waals surface area contributed by atoms with Gasteiger partial charge >= 0.3 is 5.97 Å². The summed E-state index contributed by atoms with van der Waals surface area (Å²) in [5.74, 6) is -0.961. The van der Waals surface area contributed by atoms with Gasteiger partial charge in [0.05, 0.1) is 28.4 Å². The molecule has 3 atom stereocenters. The summed E-state index contributed by atoms with van der Waals surface area (Å²) >= 11 is 0. The van der Waals surface area contributed by atoms with Crippen LogP contribution in [-0.4, -0.2) is 58.3 Å². The van der Waals surface area contributed by atoms with E-state index < -0.39 is 12.1 Å². The Bertz CT molecular complexity index is 1280. The summed E-state index contributed by atoms with van der Waals surface area (Å²) < 4.78 is 8.29. The maximum absolute atomic E-state index is 13.4. The number of nitrogens with one attached hydrogen (secondary N) is 2. The first-order chi connectivity index (χ1) is 15.3. The van der Waals surface area contributed by atoms with Gasteiger partial charge in [-0.15, -0.1) is 0 Å². The molecule has 3 aromatic heterocycles. The molecular formula is C22H28N6O4. The van der Waals surface area contributed by atoms with Crippen molar-refractivity contribution >= 4 is 27.8 Å². The normalized spacial score (nSPS) is 21.0. The fourth-order valence-corrected chi connectivity index (χ4v) is 4.07. The molecular weight excluding hydrogens is 412 g/mol. The molecule has 170 valence electrons. The van der Waals surface area contributed by atoms with Crippen LogP contribution in [0.3, 0.4) is 0 Å². The van der Waals surface area contributed by atoms with Gasteiger partial charge in [0, 0.05) is 31.5 Å². The van der Waals surface area contributed by atoms with Crippen molar-refractivity contribution in [1.29, 1.82) is 0 Å². The van der Waals surface area contributed by atoms with Crippen molar-refractivity contribution in [3.8, 4) is 0 Å². The molecule has 0 amide bonds. The lowest BCUT2D eigenvalue weighted by Gasteiger charge is -2.21. The first kappa shape index (κ1) is 22.1. The molecule has 0 saturated carbocycles. The molecule has 4 rings (SSSR count). The van der Waals surface area contributed by atoms with Crippen LogP contribution in [-0.2, 0) is 16.1 Å². The maximum Gasteiger partial charge on any atom is 0.314 e. The molecule has 10 nitrogen and oxygen atoms in total. The summed E-state index contributed by atoms with van der Waals surface area (Å²) in [6, 6.07) is 4.90. The van der Waals surface area contributed by atoms with E-state index in [1.165, 1.54) is 4.57 Å². The number of ether oxygens (including phenoxy) is 1. The fraction of sp³-hybridized carbons (Fsp3) is 0.455. The number of hydrogen-bond acceptors (Lipinski definition) is 8. The van der Waals surface area contributed by atoms with Crippen molar-refractivity contribution in [2.75, 3.05) is 27.2 Å². The van der Waals surface area contributed by atoms with E-state index in [0.717, 1.165) is 0 Å². The van der Waals surface area contributed by atoms with Gasteiger partial charge in [0.15, 0.2) is 0 Å². The van der Waals surface area contributed by atoms with E-state index in [4.69, 9.17) is 4.74 Å². The average Bonchev–Trinajstić information content (AvgIpc) is 3.14. The third kappa shape index (κ3) is 3.92. The van der Waals surface area contributed by atoms with Crippen molar-refractivity contribution < 1.29 is 9.53 Å². The average molecular weight is 441 g/mol. The summed E-state index contributed by atoms with van der Waals surface area (Å²) in [7, 11) is 3.89. The molecule has 3 aromatic rings. The van der Waals surface area contributed by atoms with Crippen LogP contribution in [0.5, 0.6) is 0 Å². The Morgan fingerprint density at radius 3 is 2.50 bits per heavy atom. The van der Waals surface area contributed by atoms with Gasteiger partial charge in [-0.25, -0.2) is 10.4 Å². The van der Waals surface area contributed by atoms with Crippen LogP contribution >= 0.6 is 0 Å². The van der Waals surface area contributed by atoms with Crippen LogP contribution in [0, 0.1) is 5.92 Å². The number of hydrogen-bond donors (Lipinski definition) is 2. The first-order valence-corrected chi connectivity index (χ1v) is 10.7. The Morgan fingerprint density at radius 1 is 1.12 bits per heavy atom. The molecule has 0 radical (unpaired) electrons. The third-order valence-electron chi connectivity index (χ3n) is 5.83. The Labute approximate surface area is 184 Å². The number of pyridine rings is 3. The summed E-state index contributed by atoms with van der Waals surface area (Å²) in [6.45, 7) is 5.11. The highest BCUT2D eigenvalue weighted by Crippen LogP contribution is 2.25. The number of carbonyl (C=O) groups excluding carboxylic acids is 1. The third-order valence-corrected chi connectivity index (χ3v) is 5.83. The zero-order valence-electron chi connectivity index (χ0n) is 18.7. The largest absolute Gasteiger partial charge is 0.466 e. The van der Waals surface area contributed by atoms with E-state index in [2.05, 4.69) is 15.8 Å². The quantitative estimate of drug-likeness (QED) is 0.420. The van der Waals surface area contributed by atoms with Gasteiger partial charge in [0.2, 0.25) is 0 Å². The van der Waals surface area contributed by atoms with E-state index in [9.17, 15) is 14.4 Å². The zero-order valence-corrected chi connectivity index (χ0v) is 18.7. The van der Waals surface area contributed by atoms with E-state index in [1.807, 2.05) is 25.9 Å². The lowest BCUT2D eigenvalue weighted by Crippen LogP contribution is -2.38. The molecule has 2 N–H and O–H groups in total. The second-order valence-corrected chi connectivity index (χ2v) is 8.30. The molecule has 4 heterocycles. The van der Waals surface area contributed by atoms with Gasteiger partial charge in [-0.3, -0.25) is 24.4 Å². The van der Waals surface area contributed by atoms with E-state index >= 15 is 0 Å². The molecule has 0 aromatic carbocycles. The van der Waals surface area contributed by atoms with Crippen molar-refractivity contribution in [2.24, 2.45) is 5.92 Å². The Morgan fingerprint density at radius 2 is 1.81 bits per heavy atom. The van der Waals surface area contributed by atoms with Gasteiger partial charge < -0.3 is 14.2 Å². The number of hydrazine groups is 1. The Hall–Kier alpha value is -3.08. The van der Waals surface area contributed by atoms with Gasteiger partial charge in [-0.05, 0) is 46.1 Å². The summed E-state index contributed by atoms with van der Waals surface area (Å²) in [5, 5.41) is 0.716. The minimum Gasteiger partial charge on any atom is -0.466 e. The molecule has 0 aliphatic carbocycles. The van der Waals surface area contributed by atoms with Crippen LogP contribution in [0.2, 0.25) is 0 Å². The number of nitrogens with zero attached hydrogens (tertiary/aromatic N) is 4. The number of rotatable bonds is 6. The summed E-state index contributed by atoms with van der Waals surface area (Å²) in [5.41, 5.74) is 6.56.